The Morgan fingerprint density at radius 1 is 1.15 bits per heavy atom. The number of anilines is 2. The van der Waals surface area contributed by atoms with Crippen LogP contribution in [-0.4, -0.2) is 42.6 Å². The number of likely N-dealkylation sites (tertiary alicyclic amines) is 1. The van der Waals surface area contributed by atoms with Crippen LogP contribution in [0.25, 0.3) is 0 Å². The van der Waals surface area contributed by atoms with E-state index >= 15 is 0 Å². The van der Waals surface area contributed by atoms with Crippen LogP contribution in [-0.2, 0) is 4.79 Å². The molecular weight excluding hydrogens is 440 g/mol. The molecular formula is C26H31F2N3O3. The summed E-state index contributed by atoms with van der Waals surface area (Å²) in [6.45, 7) is 5.91. The lowest BCUT2D eigenvalue weighted by Gasteiger charge is -2.60. The molecule has 0 radical (unpaired) electrons. The maximum Gasteiger partial charge on any atom is 0.387 e. The summed E-state index contributed by atoms with van der Waals surface area (Å²) in [6.07, 6.45) is 1.57. The van der Waals surface area contributed by atoms with Gasteiger partial charge >= 0.3 is 12.6 Å². The molecule has 6 nitrogen and oxygen atoms in total. The van der Waals surface area contributed by atoms with Gasteiger partial charge in [0.15, 0.2) is 0 Å². The summed E-state index contributed by atoms with van der Waals surface area (Å²) in [5.41, 5.74) is 2.83. The maximum atomic E-state index is 13.6. The summed E-state index contributed by atoms with van der Waals surface area (Å²) in [5, 5.41) is 2.81. The number of hydrogen-bond donors (Lipinski definition) is 1. The Morgan fingerprint density at radius 2 is 1.82 bits per heavy atom. The van der Waals surface area contributed by atoms with Crippen LogP contribution < -0.4 is 15.0 Å². The first-order valence-corrected chi connectivity index (χ1v) is 11.6. The second-order valence-corrected chi connectivity index (χ2v) is 9.83. The third kappa shape index (κ3) is 4.72. The lowest BCUT2D eigenvalue weighted by Crippen LogP contribution is -2.68. The van der Waals surface area contributed by atoms with Gasteiger partial charge in [-0.25, -0.2) is 4.79 Å². The van der Waals surface area contributed by atoms with Gasteiger partial charge in [0, 0.05) is 37.2 Å². The molecule has 4 rings (SSSR count). The molecule has 1 heterocycles. The Hall–Kier alpha value is -3.16. The van der Waals surface area contributed by atoms with Crippen LogP contribution in [0.2, 0.25) is 0 Å². The third-order valence-electron chi connectivity index (χ3n) is 6.83. The Kier molecular flexibility index (Phi) is 6.51. The molecule has 1 aliphatic heterocycles. The molecule has 182 valence electrons. The lowest BCUT2D eigenvalue weighted by atomic mass is 9.60. The maximum absolute atomic E-state index is 13.6. The molecule has 34 heavy (non-hydrogen) atoms. The van der Waals surface area contributed by atoms with Gasteiger partial charge in [0.05, 0.1) is 5.69 Å². The van der Waals surface area contributed by atoms with Crippen LogP contribution >= 0.6 is 0 Å². The van der Waals surface area contributed by atoms with Crippen molar-refractivity contribution in [2.45, 2.75) is 59.1 Å². The van der Waals surface area contributed by atoms with Gasteiger partial charge in [-0.3, -0.25) is 9.69 Å². The number of benzene rings is 2. The van der Waals surface area contributed by atoms with Gasteiger partial charge in [-0.2, -0.15) is 8.78 Å². The van der Waals surface area contributed by atoms with Gasteiger partial charge in [-0.1, -0.05) is 38.1 Å². The second-order valence-electron chi connectivity index (χ2n) is 9.83. The van der Waals surface area contributed by atoms with Crippen LogP contribution in [0.4, 0.5) is 25.0 Å². The van der Waals surface area contributed by atoms with Crippen molar-refractivity contribution in [1.82, 2.24) is 4.90 Å². The predicted molar refractivity (Wildman–Crippen MR) is 128 cm³/mol. The number of nitrogens with one attached hydrogen (secondary N) is 1. The number of carbonyl (C=O) groups excluding carboxylic acids is 2. The normalized spacial score (nSPS) is 16.9. The van der Waals surface area contributed by atoms with Crippen LogP contribution in [0.1, 0.15) is 50.7 Å². The van der Waals surface area contributed by atoms with Crippen LogP contribution in [0, 0.1) is 12.3 Å². The number of urea groups is 1. The van der Waals surface area contributed by atoms with Crippen LogP contribution in [0.3, 0.4) is 0 Å². The number of hydrogen-bond acceptors (Lipinski definition) is 3. The van der Waals surface area contributed by atoms with Gasteiger partial charge in [-0.05, 0) is 55.0 Å². The van der Waals surface area contributed by atoms with E-state index in [1.54, 1.807) is 30.9 Å². The first-order valence-electron chi connectivity index (χ1n) is 11.6. The van der Waals surface area contributed by atoms with Crippen molar-refractivity contribution in [3.8, 4) is 5.75 Å². The lowest BCUT2D eigenvalue weighted by molar-refractivity contribution is -0.148. The van der Waals surface area contributed by atoms with Crippen LogP contribution in [0.15, 0.2) is 42.5 Å². The van der Waals surface area contributed by atoms with Crippen molar-refractivity contribution in [2.75, 3.05) is 23.3 Å². The number of alkyl halides is 2. The average molecular weight is 472 g/mol. The first kappa shape index (κ1) is 24.0. The molecule has 3 amide bonds. The number of ether oxygens (including phenoxy) is 1. The van der Waals surface area contributed by atoms with E-state index in [-0.39, 0.29) is 34.7 Å². The summed E-state index contributed by atoms with van der Waals surface area (Å²) in [4.78, 5) is 28.9. The number of nitrogens with zero attached hydrogens (tertiary/aromatic N) is 2. The Morgan fingerprint density at radius 3 is 2.44 bits per heavy atom. The highest BCUT2D eigenvalue weighted by Crippen LogP contribution is 2.51. The Balaban J connectivity index is 1.61. The Labute approximate surface area is 198 Å². The molecule has 1 saturated heterocycles. The summed E-state index contributed by atoms with van der Waals surface area (Å²) >= 11 is 0. The van der Waals surface area contributed by atoms with Crippen molar-refractivity contribution in [3.63, 3.8) is 0 Å². The molecule has 1 aliphatic carbocycles. The smallest absolute Gasteiger partial charge is 0.387 e. The number of carbonyl (C=O) groups is 2. The highest BCUT2D eigenvalue weighted by atomic mass is 19.3. The molecule has 1 spiro atoms. The molecule has 0 atom stereocenters. The van der Waals surface area contributed by atoms with Crippen molar-refractivity contribution >= 4 is 23.3 Å². The highest BCUT2D eigenvalue weighted by molar-refractivity contribution is 6.03. The molecule has 0 unspecified atom stereocenters. The average Bonchev–Trinajstić information content (AvgIpc) is 2.70. The van der Waals surface area contributed by atoms with E-state index in [1.807, 2.05) is 29.2 Å². The minimum absolute atomic E-state index is 0.0510. The predicted octanol–water partition coefficient (Wildman–Crippen LogP) is 5.77. The minimum atomic E-state index is -3.00. The zero-order chi connectivity index (χ0) is 24.6. The fourth-order valence-electron chi connectivity index (χ4n) is 5.14. The molecule has 2 aromatic rings. The number of para-hydroxylation sites is 1. The quantitative estimate of drug-likeness (QED) is 0.582. The van der Waals surface area contributed by atoms with Gasteiger partial charge in [0.2, 0.25) is 5.91 Å². The zero-order valence-corrected chi connectivity index (χ0v) is 20.0. The number of amides is 3. The molecule has 2 fully saturated rings. The molecule has 1 N–H and O–H groups in total. The zero-order valence-electron chi connectivity index (χ0n) is 20.0. The second kappa shape index (κ2) is 9.24. The van der Waals surface area contributed by atoms with Gasteiger partial charge < -0.3 is 15.0 Å². The first-order chi connectivity index (χ1) is 16.1. The summed E-state index contributed by atoms with van der Waals surface area (Å²) in [5.74, 6) is 0.191. The van der Waals surface area contributed by atoms with Crippen molar-refractivity contribution in [1.29, 1.82) is 0 Å². The van der Waals surface area contributed by atoms with E-state index in [9.17, 15) is 18.4 Å². The van der Waals surface area contributed by atoms with Crippen molar-refractivity contribution < 1.29 is 23.1 Å². The van der Waals surface area contributed by atoms with E-state index in [2.05, 4.69) is 23.9 Å². The Bertz CT molecular complexity index is 1070. The largest absolute Gasteiger partial charge is 0.433 e. The van der Waals surface area contributed by atoms with E-state index in [4.69, 9.17) is 0 Å². The molecule has 1 saturated carbocycles. The van der Waals surface area contributed by atoms with Gasteiger partial charge in [-0.15, -0.1) is 0 Å². The van der Waals surface area contributed by atoms with E-state index in [0.29, 0.717) is 13.1 Å². The number of rotatable bonds is 6. The minimum Gasteiger partial charge on any atom is -0.433 e. The van der Waals surface area contributed by atoms with Crippen molar-refractivity contribution in [2.24, 2.45) is 5.41 Å². The van der Waals surface area contributed by atoms with E-state index < -0.39 is 12.6 Å². The van der Waals surface area contributed by atoms with Crippen LogP contribution in [0.5, 0.6) is 5.75 Å². The number of aryl methyl sites for hydroxylation is 1. The van der Waals surface area contributed by atoms with E-state index in [0.717, 1.165) is 29.7 Å². The standard InChI is InChI=1S/C26H31F2N3O3/c1-16(2)20-7-5-6-8-22(20)31(19-12-26(13-19)14-30(15-26)18(4)32)25(33)29-21-10-9-17(3)11-23(21)34-24(27)28/h5-11,16,19,24H,12-15H2,1-4H3,(H,29,33). The summed E-state index contributed by atoms with van der Waals surface area (Å²) < 4.78 is 30.6. The fraction of sp³-hybridized carbons (Fsp3) is 0.462. The highest BCUT2D eigenvalue weighted by Gasteiger charge is 2.55. The van der Waals surface area contributed by atoms with Gasteiger partial charge in [0.1, 0.15) is 5.75 Å². The summed E-state index contributed by atoms with van der Waals surface area (Å²) in [6, 6.07) is 12.1. The molecule has 0 bridgehead atoms. The molecule has 0 aromatic heterocycles. The number of halogens is 2. The topological polar surface area (TPSA) is 61.9 Å². The molecule has 2 aromatic carbocycles. The molecule has 8 heteroatoms. The van der Waals surface area contributed by atoms with E-state index in [1.165, 1.54) is 6.07 Å². The van der Waals surface area contributed by atoms with Crippen molar-refractivity contribution in [3.05, 3.63) is 53.6 Å². The monoisotopic (exact) mass is 471 g/mol. The fourth-order valence-corrected chi connectivity index (χ4v) is 5.14. The molecule has 2 aliphatic rings. The summed E-state index contributed by atoms with van der Waals surface area (Å²) in [7, 11) is 0. The SMILES string of the molecule is CC(=O)N1CC2(CC(N(C(=O)Nc3ccc(C)cc3OC(F)F)c3ccccc3C(C)C)C2)C1. The third-order valence-corrected chi connectivity index (χ3v) is 6.83. The van der Waals surface area contributed by atoms with Gasteiger partial charge in [0.25, 0.3) is 0 Å².